The predicted octanol–water partition coefficient (Wildman–Crippen LogP) is 4.77. The Kier molecular flexibility index (Phi) is 7.61. The average molecular weight is 514 g/mol. The molecule has 3 atom stereocenters. The first-order chi connectivity index (χ1) is 18.3. The Hall–Kier alpha value is -3.51. The highest BCUT2D eigenvalue weighted by atomic mass is 16.5. The van der Waals surface area contributed by atoms with Crippen LogP contribution in [0.2, 0.25) is 0 Å². The third-order valence-electron chi connectivity index (χ3n) is 8.20. The summed E-state index contributed by atoms with van der Waals surface area (Å²) >= 11 is 0. The van der Waals surface area contributed by atoms with E-state index in [4.69, 9.17) is 10.5 Å². The number of amides is 1. The Balaban J connectivity index is 1.27. The normalized spacial score (nSPS) is 18.7. The highest BCUT2D eigenvalue weighted by molar-refractivity contribution is 5.82. The lowest BCUT2D eigenvalue weighted by Gasteiger charge is -2.29. The van der Waals surface area contributed by atoms with Crippen molar-refractivity contribution < 1.29 is 14.6 Å². The molecule has 1 heterocycles. The lowest BCUT2D eigenvalue weighted by molar-refractivity contribution is -0.123. The number of fused-ring (bicyclic) bond motifs is 2. The van der Waals surface area contributed by atoms with E-state index in [1.165, 1.54) is 16.7 Å². The molecule has 5 N–H and O–H groups in total. The van der Waals surface area contributed by atoms with Gasteiger partial charge in [-0.05, 0) is 121 Å². The summed E-state index contributed by atoms with van der Waals surface area (Å²) < 4.78 is 5.41. The molecule has 6 nitrogen and oxygen atoms in total. The SMILES string of the molecule is CCc1cc(O)cc(C)c1C[C@H](N)C(=O)N[C@@H]1CCNc2ccc(CC3Cc4ccc(OC)cc4C3)cc21. The van der Waals surface area contributed by atoms with Crippen molar-refractivity contribution in [1.82, 2.24) is 5.32 Å². The number of hydrogen-bond donors (Lipinski definition) is 4. The number of anilines is 1. The van der Waals surface area contributed by atoms with Crippen molar-refractivity contribution in [2.45, 2.75) is 64.5 Å². The van der Waals surface area contributed by atoms with E-state index in [2.05, 4.69) is 47.0 Å². The van der Waals surface area contributed by atoms with Gasteiger partial charge < -0.3 is 26.2 Å². The van der Waals surface area contributed by atoms with Crippen LogP contribution in [0.25, 0.3) is 0 Å². The molecule has 0 bridgehead atoms. The van der Waals surface area contributed by atoms with Crippen molar-refractivity contribution in [3.63, 3.8) is 0 Å². The molecule has 5 rings (SSSR count). The maximum atomic E-state index is 13.2. The van der Waals surface area contributed by atoms with Gasteiger partial charge in [0.05, 0.1) is 19.2 Å². The summed E-state index contributed by atoms with van der Waals surface area (Å²) in [7, 11) is 1.72. The van der Waals surface area contributed by atoms with Crippen LogP contribution in [0.5, 0.6) is 11.5 Å². The Labute approximate surface area is 225 Å². The molecular weight excluding hydrogens is 474 g/mol. The van der Waals surface area contributed by atoms with Gasteiger partial charge in [-0.2, -0.15) is 0 Å². The van der Waals surface area contributed by atoms with Gasteiger partial charge >= 0.3 is 0 Å². The zero-order valence-electron chi connectivity index (χ0n) is 22.6. The summed E-state index contributed by atoms with van der Waals surface area (Å²) in [5, 5.41) is 16.7. The summed E-state index contributed by atoms with van der Waals surface area (Å²) in [5.41, 5.74) is 15.8. The van der Waals surface area contributed by atoms with Gasteiger partial charge in [0.1, 0.15) is 11.5 Å². The lowest BCUT2D eigenvalue weighted by Crippen LogP contribution is -2.44. The topological polar surface area (TPSA) is 96.6 Å². The van der Waals surface area contributed by atoms with Crippen molar-refractivity contribution >= 4 is 11.6 Å². The van der Waals surface area contributed by atoms with Crippen LogP contribution in [0.1, 0.15) is 58.3 Å². The number of phenolic OH excluding ortho intramolecular Hbond substituents is 1. The van der Waals surface area contributed by atoms with Gasteiger partial charge in [-0.25, -0.2) is 0 Å². The van der Waals surface area contributed by atoms with Gasteiger partial charge in [0.25, 0.3) is 0 Å². The van der Waals surface area contributed by atoms with Gasteiger partial charge in [-0.15, -0.1) is 0 Å². The van der Waals surface area contributed by atoms with Crippen LogP contribution in [-0.2, 0) is 36.9 Å². The third-order valence-corrected chi connectivity index (χ3v) is 8.20. The zero-order valence-corrected chi connectivity index (χ0v) is 22.6. The maximum absolute atomic E-state index is 13.2. The smallest absolute Gasteiger partial charge is 0.237 e. The number of rotatable bonds is 8. The molecule has 0 saturated heterocycles. The summed E-state index contributed by atoms with van der Waals surface area (Å²) in [6.07, 6.45) is 5.20. The van der Waals surface area contributed by atoms with E-state index in [0.29, 0.717) is 12.3 Å². The van der Waals surface area contributed by atoms with Crippen molar-refractivity contribution in [2.75, 3.05) is 19.0 Å². The van der Waals surface area contributed by atoms with Crippen molar-refractivity contribution in [3.05, 3.63) is 87.5 Å². The fourth-order valence-electron chi connectivity index (χ4n) is 6.20. The molecule has 0 spiro atoms. The molecule has 38 heavy (non-hydrogen) atoms. The molecule has 0 fully saturated rings. The van der Waals surface area contributed by atoms with Crippen LogP contribution in [-0.4, -0.2) is 30.7 Å². The van der Waals surface area contributed by atoms with Gasteiger partial charge in [0.15, 0.2) is 0 Å². The van der Waals surface area contributed by atoms with E-state index in [9.17, 15) is 9.90 Å². The van der Waals surface area contributed by atoms with Crippen LogP contribution in [0, 0.1) is 12.8 Å². The molecule has 3 aromatic carbocycles. The van der Waals surface area contributed by atoms with Crippen LogP contribution >= 0.6 is 0 Å². The second-order valence-electron chi connectivity index (χ2n) is 10.9. The monoisotopic (exact) mass is 513 g/mol. The number of aromatic hydroxyl groups is 1. The summed E-state index contributed by atoms with van der Waals surface area (Å²) in [6, 6.07) is 15.8. The fourth-order valence-corrected chi connectivity index (χ4v) is 6.20. The number of hydrogen-bond acceptors (Lipinski definition) is 5. The molecule has 1 aliphatic heterocycles. The third kappa shape index (κ3) is 5.51. The number of carbonyl (C=O) groups is 1. The van der Waals surface area contributed by atoms with Gasteiger partial charge in [-0.1, -0.05) is 25.1 Å². The molecule has 200 valence electrons. The maximum Gasteiger partial charge on any atom is 0.237 e. The van der Waals surface area contributed by atoms with Gasteiger partial charge in [-0.3, -0.25) is 4.79 Å². The van der Waals surface area contributed by atoms with E-state index in [1.807, 2.05) is 13.8 Å². The quantitative estimate of drug-likeness (QED) is 0.348. The molecule has 6 heteroatoms. The van der Waals surface area contributed by atoms with E-state index < -0.39 is 6.04 Å². The van der Waals surface area contributed by atoms with E-state index in [1.54, 1.807) is 19.2 Å². The highest BCUT2D eigenvalue weighted by Crippen LogP contribution is 2.35. The van der Waals surface area contributed by atoms with E-state index in [0.717, 1.165) is 72.3 Å². The van der Waals surface area contributed by atoms with Crippen molar-refractivity contribution in [2.24, 2.45) is 11.7 Å². The average Bonchev–Trinajstić information content (AvgIpc) is 3.31. The number of nitrogens with one attached hydrogen (secondary N) is 2. The summed E-state index contributed by atoms with van der Waals surface area (Å²) in [6.45, 7) is 4.82. The Morgan fingerprint density at radius 1 is 1.16 bits per heavy atom. The zero-order chi connectivity index (χ0) is 26.8. The van der Waals surface area contributed by atoms with Gasteiger partial charge in [0.2, 0.25) is 5.91 Å². The largest absolute Gasteiger partial charge is 0.508 e. The summed E-state index contributed by atoms with van der Waals surface area (Å²) in [4.78, 5) is 13.2. The minimum atomic E-state index is -0.654. The fraction of sp³-hybridized carbons (Fsp3) is 0.406. The minimum Gasteiger partial charge on any atom is -0.508 e. The summed E-state index contributed by atoms with van der Waals surface area (Å²) in [5.74, 6) is 1.61. The molecule has 0 radical (unpaired) electrons. The van der Waals surface area contributed by atoms with Crippen molar-refractivity contribution in [3.8, 4) is 11.5 Å². The molecule has 2 aliphatic rings. The molecule has 1 amide bonds. The molecule has 1 aliphatic carbocycles. The molecule has 0 aromatic heterocycles. The first kappa shape index (κ1) is 26.1. The lowest BCUT2D eigenvalue weighted by atomic mass is 9.90. The first-order valence-electron chi connectivity index (χ1n) is 13.7. The molecule has 1 unspecified atom stereocenters. The first-order valence-corrected chi connectivity index (χ1v) is 13.7. The number of nitrogens with two attached hydrogens (primary N) is 1. The minimum absolute atomic E-state index is 0.0682. The second-order valence-corrected chi connectivity index (χ2v) is 10.9. The number of phenols is 1. The Morgan fingerprint density at radius 2 is 1.97 bits per heavy atom. The number of aryl methyl sites for hydroxylation is 2. The Morgan fingerprint density at radius 3 is 2.76 bits per heavy atom. The Bertz CT molecular complexity index is 1340. The van der Waals surface area contributed by atoms with Crippen LogP contribution in [0.15, 0.2) is 48.5 Å². The standard InChI is InChI=1S/C32H39N3O3/c1-4-22-16-25(36)11-19(2)27(22)18-29(33)32(37)35-31-9-10-34-30-8-5-20(15-28(30)31)12-21-13-23-6-7-26(38-3)17-24(23)14-21/h5-8,11,15-17,21,29,31,34,36H,4,9-10,12-14,18,33H2,1-3H3,(H,35,37)/t21?,29-,31+/m0/s1. The van der Waals surface area contributed by atoms with Crippen LogP contribution in [0.4, 0.5) is 5.69 Å². The molecular formula is C32H39N3O3. The number of ether oxygens (including phenoxy) is 1. The molecule has 0 saturated carbocycles. The van der Waals surface area contributed by atoms with E-state index >= 15 is 0 Å². The van der Waals surface area contributed by atoms with Crippen LogP contribution in [0.3, 0.4) is 0 Å². The van der Waals surface area contributed by atoms with Gasteiger partial charge in [0, 0.05) is 12.2 Å². The highest BCUT2D eigenvalue weighted by Gasteiger charge is 2.27. The second kappa shape index (κ2) is 11.1. The number of carbonyl (C=O) groups excluding carboxylic acids is 1. The van der Waals surface area contributed by atoms with E-state index in [-0.39, 0.29) is 17.7 Å². The number of benzene rings is 3. The number of methoxy groups -OCH3 is 1. The molecule has 3 aromatic rings. The van der Waals surface area contributed by atoms with Crippen LogP contribution < -0.4 is 21.1 Å². The predicted molar refractivity (Wildman–Crippen MR) is 152 cm³/mol. The van der Waals surface area contributed by atoms with Crippen molar-refractivity contribution in [1.29, 1.82) is 0 Å².